The number of morpholine rings is 1. The van der Waals surface area contributed by atoms with Crippen molar-refractivity contribution < 1.29 is 4.74 Å². The highest BCUT2D eigenvalue weighted by molar-refractivity contribution is 4.77. The number of hydrogen-bond acceptors (Lipinski definition) is 4. The van der Waals surface area contributed by atoms with Gasteiger partial charge in [-0.25, -0.2) is 0 Å². The maximum Gasteiger partial charge on any atom is 0.0826 e. The van der Waals surface area contributed by atoms with E-state index in [9.17, 15) is 0 Å². The van der Waals surface area contributed by atoms with E-state index in [1.807, 2.05) is 0 Å². The number of likely N-dealkylation sites (N-methyl/N-ethyl adjacent to an activating group) is 1. The summed E-state index contributed by atoms with van der Waals surface area (Å²) >= 11 is 0. The molecule has 4 nitrogen and oxygen atoms in total. The van der Waals surface area contributed by atoms with Crippen LogP contribution < -0.4 is 5.32 Å². The average Bonchev–Trinajstić information content (AvgIpc) is 2.75. The van der Waals surface area contributed by atoms with Crippen LogP contribution in [0.1, 0.15) is 13.3 Å². The standard InChI is InChI=1S/C13H27N3O/c1-3-16-6-7-17-13(11-16)9-14-8-12-4-5-15(2)10-12/h12-14H,3-11H2,1-2H3. The SMILES string of the molecule is CCN1CCOC(CNCC2CCN(C)C2)C1. The predicted molar refractivity (Wildman–Crippen MR) is 70.3 cm³/mol. The van der Waals surface area contributed by atoms with Gasteiger partial charge in [-0.1, -0.05) is 6.92 Å². The second kappa shape index (κ2) is 6.69. The normalized spacial score (nSPS) is 32.1. The van der Waals surface area contributed by atoms with Gasteiger partial charge in [-0.15, -0.1) is 0 Å². The minimum atomic E-state index is 0.392. The summed E-state index contributed by atoms with van der Waals surface area (Å²) < 4.78 is 5.78. The van der Waals surface area contributed by atoms with Crippen molar-refractivity contribution in [1.82, 2.24) is 15.1 Å². The van der Waals surface area contributed by atoms with Crippen molar-refractivity contribution in [3.63, 3.8) is 0 Å². The number of nitrogens with zero attached hydrogens (tertiary/aromatic N) is 2. The van der Waals surface area contributed by atoms with E-state index in [1.165, 1.54) is 19.5 Å². The van der Waals surface area contributed by atoms with Crippen molar-refractivity contribution in [1.29, 1.82) is 0 Å². The van der Waals surface area contributed by atoms with Crippen molar-refractivity contribution in [3.8, 4) is 0 Å². The number of rotatable bonds is 5. The van der Waals surface area contributed by atoms with Crippen LogP contribution >= 0.6 is 0 Å². The lowest BCUT2D eigenvalue weighted by molar-refractivity contribution is -0.0254. The average molecular weight is 241 g/mol. The molecule has 2 unspecified atom stereocenters. The molecule has 0 radical (unpaired) electrons. The highest BCUT2D eigenvalue weighted by Gasteiger charge is 2.21. The molecule has 100 valence electrons. The third-order valence-electron chi connectivity index (χ3n) is 3.96. The van der Waals surface area contributed by atoms with E-state index in [1.54, 1.807) is 0 Å². The van der Waals surface area contributed by atoms with Gasteiger partial charge in [-0.3, -0.25) is 4.90 Å². The van der Waals surface area contributed by atoms with Gasteiger partial charge in [0.25, 0.3) is 0 Å². The highest BCUT2D eigenvalue weighted by atomic mass is 16.5. The van der Waals surface area contributed by atoms with Crippen molar-refractivity contribution in [2.45, 2.75) is 19.4 Å². The maximum absolute atomic E-state index is 5.78. The largest absolute Gasteiger partial charge is 0.374 e. The van der Waals surface area contributed by atoms with Crippen LogP contribution in [0.25, 0.3) is 0 Å². The first-order valence-electron chi connectivity index (χ1n) is 7.01. The highest BCUT2D eigenvalue weighted by Crippen LogP contribution is 2.13. The molecule has 1 N–H and O–H groups in total. The lowest BCUT2D eigenvalue weighted by Gasteiger charge is -2.32. The van der Waals surface area contributed by atoms with Crippen LogP contribution in [0.15, 0.2) is 0 Å². The number of ether oxygens (including phenoxy) is 1. The summed E-state index contributed by atoms with van der Waals surface area (Å²) in [6.07, 6.45) is 1.73. The molecule has 0 aromatic heterocycles. The summed E-state index contributed by atoms with van der Waals surface area (Å²) in [6, 6.07) is 0. The van der Waals surface area contributed by atoms with Gasteiger partial charge in [0.15, 0.2) is 0 Å². The Balaban J connectivity index is 1.58. The zero-order chi connectivity index (χ0) is 12.1. The van der Waals surface area contributed by atoms with Crippen LogP contribution in [0.3, 0.4) is 0 Å². The Kier molecular flexibility index (Phi) is 5.22. The molecule has 0 aromatic carbocycles. The van der Waals surface area contributed by atoms with Gasteiger partial charge >= 0.3 is 0 Å². The molecule has 0 amide bonds. The van der Waals surface area contributed by atoms with Gasteiger partial charge < -0.3 is 15.0 Å². The second-order valence-corrected chi connectivity index (χ2v) is 5.46. The lowest BCUT2D eigenvalue weighted by Crippen LogP contribution is -2.47. The van der Waals surface area contributed by atoms with Crippen molar-refractivity contribution >= 4 is 0 Å². The molecule has 0 bridgehead atoms. The van der Waals surface area contributed by atoms with Gasteiger partial charge in [0.1, 0.15) is 0 Å². The van der Waals surface area contributed by atoms with Crippen LogP contribution in [0.5, 0.6) is 0 Å². The van der Waals surface area contributed by atoms with Crippen LogP contribution in [-0.4, -0.2) is 75.4 Å². The third kappa shape index (κ3) is 4.21. The molecule has 2 aliphatic heterocycles. The van der Waals surface area contributed by atoms with Gasteiger partial charge in [-0.2, -0.15) is 0 Å². The Morgan fingerprint density at radius 3 is 2.82 bits per heavy atom. The summed E-state index contributed by atoms with van der Waals surface area (Å²) in [5.41, 5.74) is 0. The zero-order valence-corrected chi connectivity index (χ0v) is 11.3. The second-order valence-electron chi connectivity index (χ2n) is 5.46. The monoisotopic (exact) mass is 241 g/mol. The van der Waals surface area contributed by atoms with E-state index in [0.717, 1.165) is 45.2 Å². The topological polar surface area (TPSA) is 27.7 Å². The summed E-state index contributed by atoms with van der Waals surface area (Å²) in [4.78, 5) is 4.89. The lowest BCUT2D eigenvalue weighted by atomic mass is 10.1. The van der Waals surface area contributed by atoms with Crippen molar-refractivity contribution in [3.05, 3.63) is 0 Å². The number of likely N-dealkylation sites (tertiary alicyclic amines) is 1. The molecule has 0 spiro atoms. The fraction of sp³-hybridized carbons (Fsp3) is 1.00. The molecule has 2 fully saturated rings. The Bertz CT molecular complexity index is 225. The molecular weight excluding hydrogens is 214 g/mol. The molecule has 0 aliphatic carbocycles. The minimum absolute atomic E-state index is 0.392. The molecule has 0 aromatic rings. The first-order valence-corrected chi connectivity index (χ1v) is 7.01. The maximum atomic E-state index is 5.78. The molecule has 4 heteroatoms. The Labute approximate surface area is 105 Å². The van der Waals surface area contributed by atoms with Crippen LogP contribution in [-0.2, 0) is 4.74 Å². The van der Waals surface area contributed by atoms with E-state index in [0.29, 0.717) is 6.10 Å². The van der Waals surface area contributed by atoms with Crippen molar-refractivity contribution in [2.75, 3.05) is 59.5 Å². The van der Waals surface area contributed by atoms with Gasteiger partial charge in [0.2, 0.25) is 0 Å². The van der Waals surface area contributed by atoms with Gasteiger partial charge in [0.05, 0.1) is 12.7 Å². The summed E-state index contributed by atoms with van der Waals surface area (Å²) in [7, 11) is 2.21. The molecule has 2 rings (SSSR count). The minimum Gasteiger partial charge on any atom is -0.374 e. The smallest absolute Gasteiger partial charge is 0.0826 e. The summed E-state index contributed by atoms with van der Waals surface area (Å²) in [5.74, 6) is 0.839. The van der Waals surface area contributed by atoms with E-state index in [-0.39, 0.29) is 0 Å². The third-order valence-corrected chi connectivity index (χ3v) is 3.96. The van der Waals surface area contributed by atoms with E-state index in [2.05, 4.69) is 29.1 Å². The predicted octanol–water partition coefficient (Wildman–Crippen LogP) is 0.248. The van der Waals surface area contributed by atoms with E-state index >= 15 is 0 Å². The van der Waals surface area contributed by atoms with Crippen LogP contribution in [0, 0.1) is 5.92 Å². The summed E-state index contributed by atoms with van der Waals surface area (Å²) in [5, 5.41) is 3.58. The molecule has 2 heterocycles. The van der Waals surface area contributed by atoms with Crippen molar-refractivity contribution in [2.24, 2.45) is 5.92 Å². The van der Waals surface area contributed by atoms with Gasteiger partial charge in [0, 0.05) is 26.2 Å². The Morgan fingerprint density at radius 2 is 2.12 bits per heavy atom. The molecule has 2 saturated heterocycles. The van der Waals surface area contributed by atoms with E-state index in [4.69, 9.17) is 4.74 Å². The zero-order valence-electron chi connectivity index (χ0n) is 11.3. The Hall–Kier alpha value is -0.160. The Morgan fingerprint density at radius 1 is 1.24 bits per heavy atom. The molecule has 2 aliphatic rings. The van der Waals surface area contributed by atoms with E-state index < -0.39 is 0 Å². The molecular formula is C13H27N3O. The number of nitrogens with one attached hydrogen (secondary N) is 1. The fourth-order valence-corrected chi connectivity index (χ4v) is 2.83. The first-order chi connectivity index (χ1) is 8.28. The fourth-order valence-electron chi connectivity index (χ4n) is 2.83. The van der Waals surface area contributed by atoms with Gasteiger partial charge in [-0.05, 0) is 39.0 Å². The van der Waals surface area contributed by atoms with Crippen LogP contribution in [0.2, 0.25) is 0 Å². The first kappa shape index (κ1) is 13.3. The number of hydrogen-bond donors (Lipinski definition) is 1. The molecule has 2 atom stereocenters. The molecule has 0 saturated carbocycles. The van der Waals surface area contributed by atoms with Crippen LogP contribution in [0.4, 0.5) is 0 Å². The summed E-state index contributed by atoms with van der Waals surface area (Å²) in [6.45, 7) is 11.1. The quantitative estimate of drug-likeness (QED) is 0.747. The molecule has 17 heavy (non-hydrogen) atoms.